The van der Waals surface area contributed by atoms with Gasteiger partial charge in [-0.25, -0.2) is 0 Å². The number of nitrogens with zero attached hydrogens (tertiary/aromatic N) is 2. The van der Waals surface area contributed by atoms with Gasteiger partial charge in [0.2, 0.25) is 0 Å². The molecule has 0 bridgehead atoms. The number of hydrogen-bond acceptors (Lipinski definition) is 3. The van der Waals surface area contributed by atoms with Crippen molar-refractivity contribution in [2.24, 2.45) is 5.92 Å². The zero-order valence-corrected chi connectivity index (χ0v) is 10.9. The number of piperidine rings is 1. The van der Waals surface area contributed by atoms with Crippen LogP contribution in [0.1, 0.15) is 32.1 Å². The molecule has 3 fully saturated rings. The molecule has 0 aromatic rings. The van der Waals surface area contributed by atoms with E-state index in [4.69, 9.17) is 4.74 Å². The van der Waals surface area contributed by atoms with Gasteiger partial charge in [0.25, 0.3) is 0 Å². The lowest BCUT2D eigenvalue weighted by Gasteiger charge is -2.45. The maximum Gasteiger partial charge on any atom is 0.0506 e. The van der Waals surface area contributed by atoms with Crippen molar-refractivity contribution in [2.75, 3.05) is 45.9 Å². The second-order valence-electron chi connectivity index (χ2n) is 6.03. The summed E-state index contributed by atoms with van der Waals surface area (Å²) in [6.07, 6.45) is 6.95. The van der Waals surface area contributed by atoms with Gasteiger partial charge in [-0.2, -0.15) is 0 Å². The number of ether oxygens (including phenoxy) is 1. The van der Waals surface area contributed by atoms with Crippen LogP contribution in [0.15, 0.2) is 0 Å². The van der Waals surface area contributed by atoms with E-state index in [0.717, 1.165) is 25.2 Å². The number of rotatable bonds is 2. The molecule has 3 aliphatic heterocycles. The van der Waals surface area contributed by atoms with E-state index in [9.17, 15) is 0 Å². The molecular weight excluding hydrogens is 212 g/mol. The molecule has 3 saturated heterocycles. The molecule has 17 heavy (non-hydrogen) atoms. The maximum atomic E-state index is 5.59. The first kappa shape index (κ1) is 11.9. The first-order valence-electron chi connectivity index (χ1n) is 7.46. The van der Waals surface area contributed by atoms with E-state index in [0.29, 0.717) is 0 Å². The summed E-state index contributed by atoms with van der Waals surface area (Å²) in [5, 5.41) is 0. The minimum atomic E-state index is 0.805. The van der Waals surface area contributed by atoms with Crippen LogP contribution in [0, 0.1) is 5.92 Å². The van der Waals surface area contributed by atoms with Gasteiger partial charge in [-0.1, -0.05) is 6.42 Å². The standard InChI is InChI=1S/C14H26N2O/c1-2-6-16-8-7-15(11-14(16)5-1)10-13-4-3-9-17-12-13/h13-14H,1-12H2. The Morgan fingerprint density at radius 3 is 2.88 bits per heavy atom. The van der Waals surface area contributed by atoms with E-state index >= 15 is 0 Å². The third kappa shape index (κ3) is 3.01. The Labute approximate surface area is 105 Å². The van der Waals surface area contributed by atoms with E-state index in [-0.39, 0.29) is 0 Å². The molecule has 2 atom stereocenters. The number of piperazine rings is 1. The topological polar surface area (TPSA) is 15.7 Å². The molecule has 3 rings (SSSR count). The summed E-state index contributed by atoms with van der Waals surface area (Å²) in [7, 11) is 0. The average molecular weight is 238 g/mol. The van der Waals surface area contributed by atoms with Gasteiger partial charge in [-0.3, -0.25) is 4.90 Å². The SMILES string of the molecule is C1COCC(CN2CCN3CCCCC3C2)C1. The molecule has 3 heteroatoms. The van der Waals surface area contributed by atoms with Crippen molar-refractivity contribution in [3.63, 3.8) is 0 Å². The molecule has 0 aromatic heterocycles. The fourth-order valence-electron chi connectivity index (χ4n) is 3.70. The average Bonchev–Trinajstić information content (AvgIpc) is 2.40. The Morgan fingerprint density at radius 2 is 2.00 bits per heavy atom. The number of fused-ring (bicyclic) bond motifs is 1. The summed E-state index contributed by atoms with van der Waals surface area (Å²) in [5.41, 5.74) is 0. The third-order valence-corrected chi connectivity index (χ3v) is 4.69. The second-order valence-corrected chi connectivity index (χ2v) is 6.03. The maximum absolute atomic E-state index is 5.59. The largest absolute Gasteiger partial charge is 0.381 e. The Hall–Kier alpha value is -0.120. The minimum absolute atomic E-state index is 0.805. The Balaban J connectivity index is 1.48. The first-order valence-corrected chi connectivity index (χ1v) is 7.46. The molecule has 98 valence electrons. The summed E-state index contributed by atoms with van der Waals surface area (Å²) in [4.78, 5) is 5.42. The van der Waals surface area contributed by atoms with Gasteiger partial charge in [0.15, 0.2) is 0 Å². The molecule has 3 aliphatic rings. The zero-order chi connectivity index (χ0) is 11.5. The Bertz CT molecular complexity index is 238. The van der Waals surface area contributed by atoms with Gasteiger partial charge in [0.05, 0.1) is 6.61 Å². The van der Waals surface area contributed by atoms with Crippen LogP contribution in [0.25, 0.3) is 0 Å². The first-order chi connectivity index (χ1) is 8.42. The van der Waals surface area contributed by atoms with Crippen LogP contribution in [0.4, 0.5) is 0 Å². The normalized spacial score (nSPS) is 36.7. The molecular formula is C14H26N2O. The second kappa shape index (κ2) is 5.68. The van der Waals surface area contributed by atoms with Gasteiger partial charge in [-0.05, 0) is 38.1 Å². The highest BCUT2D eigenvalue weighted by molar-refractivity contribution is 4.86. The minimum Gasteiger partial charge on any atom is -0.381 e. The summed E-state index contributed by atoms with van der Waals surface area (Å²) in [6.45, 7) is 8.54. The molecule has 0 amide bonds. The highest BCUT2D eigenvalue weighted by Crippen LogP contribution is 2.23. The van der Waals surface area contributed by atoms with Crippen molar-refractivity contribution in [3.05, 3.63) is 0 Å². The summed E-state index contributed by atoms with van der Waals surface area (Å²) in [6, 6.07) is 0.863. The summed E-state index contributed by atoms with van der Waals surface area (Å²) >= 11 is 0. The highest BCUT2D eigenvalue weighted by atomic mass is 16.5. The van der Waals surface area contributed by atoms with Crippen LogP contribution in [0.3, 0.4) is 0 Å². The van der Waals surface area contributed by atoms with E-state index < -0.39 is 0 Å². The lowest BCUT2D eigenvalue weighted by Crippen LogP contribution is -2.55. The molecule has 0 spiro atoms. The van der Waals surface area contributed by atoms with E-state index in [1.165, 1.54) is 64.8 Å². The van der Waals surface area contributed by atoms with Gasteiger partial charge >= 0.3 is 0 Å². The molecule has 3 nitrogen and oxygen atoms in total. The van der Waals surface area contributed by atoms with Crippen molar-refractivity contribution >= 4 is 0 Å². The predicted octanol–water partition coefficient (Wildman–Crippen LogP) is 1.58. The van der Waals surface area contributed by atoms with E-state index in [1.54, 1.807) is 0 Å². The van der Waals surface area contributed by atoms with E-state index in [2.05, 4.69) is 9.80 Å². The van der Waals surface area contributed by atoms with Crippen LogP contribution in [0.5, 0.6) is 0 Å². The van der Waals surface area contributed by atoms with Crippen molar-refractivity contribution in [1.82, 2.24) is 9.80 Å². The molecule has 3 heterocycles. The highest BCUT2D eigenvalue weighted by Gasteiger charge is 2.29. The van der Waals surface area contributed by atoms with Gasteiger partial charge in [0.1, 0.15) is 0 Å². The van der Waals surface area contributed by atoms with Crippen LogP contribution in [-0.2, 0) is 4.74 Å². The van der Waals surface area contributed by atoms with Gasteiger partial charge in [-0.15, -0.1) is 0 Å². The molecule has 0 aliphatic carbocycles. The fourth-order valence-corrected chi connectivity index (χ4v) is 3.70. The summed E-state index contributed by atoms with van der Waals surface area (Å²) in [5.74, 6) is 0.805. The van der Waals surface area contributed by atoms with Crippen LogP contribution in [0.2, 0.25) is 0 Å². The quantitative estimate of drug-likeness (QED) is 0.726. The summed E-state index contributed by atoms with van der Waals surface area (Å²) < 4.78 is 5.59. The monoisotopic (exact) mass is 238 g/mol. The third-order valence-electron chi connectivity index (χ3n) is 4.69. The van der Waals surface area contributed by atoms with Gasteiger partial charge in [0, 0.05) is 38.8 Å². The van der Waals surface area contributed by atoms with Crippen LogP contribution in [-0.4, -0.2) is 61.8 Å². The van der Waals surface area contributed by atoms with Crippen molar-refractivity contribution in [1.29, 1.82) is 0 Å². The smallest absolute Gasteiger partial charge is 0.0506 e. The lowest BCUT2D eigenvalue weighted by molar-refractivity contribution is 0.00784. The van der Waals surface area contributed by atoms with Crippen molar-refractivity contribution < 1.29 is 4.74 Å². The fraction of sp³-hybridized carbons (Fsp3) is 1.00. The van der Waals surface area contributed by atoms with E-state index in [1.807, 2.05) is 0 Å². The molecule has 0 N–H and O–H groups in total. The lowest BCUT2D eigenvalue weighted by atomic mass is 9.97. The molecule has 2 unspecified atom stereocenters. The van der Waals surface area contributed by atoms with Gasteiger partial charge < -0.3 is 9.64 Å². The predicted molar refractivity (Wildman–Crippen MR) is 69.2 cm³/mol. The Kier molecular flexibility index (Phi) is 3.99. The van der Waals surface area contributed by atoms with Crippen LogP contribution >= 0.6 is 0 Å². The zero-order valence-electron chi connectivity index (χ0n) is 10.9. The van der Waals surface area contributed by atoms with Crippen molar-refractivity contribution in [3.8, 4) is 0 Å². The molecule has 0 saturated carbocycles. The molecule has 0 radical (unpaired) electrons. The van der Waals surface area contributed by atoms with Crippen LogP contribution < -0.4 is 0 Å². The van der Waals surface area contributed by atoms with Crippen molar-refractivity contribution in [2.45, 2.75) is 38.1 Å². The number of hydrogen-bond donors (Lipinski definition) is 0. The Morgan fingerprint density at radius 1 is 1.00 bits per heavy atom. The molecule has 0 aromatic carbocycles.